The first-order valence-corrected chi connectivity index (χ1v) is 6.71. The minimum atomic E-state index is 0.670. The predicted molar refractivity (Wildman–Crippen MR) is 69.5 cm³/mol. The van der Waals surface area contributed by atoms with E-state index in [4.69, 9.17) is 0 Å². The Morgan fingerprint density at radius 2 is 1.81 bits per heavy atom. The Bertz CT molecular complexity index is 288. The molecule has 0 aromatic heterocycles. The molecule has 88 valence electrons. The lowest BCUT2D eigenvalue weighted by molar-refractivity contribution is 0.229. The molecule has 1 aliphatic rings. The lowest BCUT2D eigenvalue weighted by Gasteiger charge is -2.28. The molecule has 1 saturated heterocycles. The topological polar surface area (TPSA) is 3.24 Å². The van der Waals surface area contributed by atoms with Gasteiger partial charge in [0.15, 0.2) is 0 Å². The van der Waals surface area contributed by atoms with Crippen LogP contribution in [-0.2, 0) is 0 Å². The number of unbranched alkanes of at least 4 members (excludes halogenated alkanes) is 1. The highest BCUT2D eigenvalue weighted by Gasteiger charge is 2.22. The number of rotatable bonds is 5. The third-order valence-corrected chi connectivity index (χ3v) is 3.60. The summed E-state index contributed by atoms with van der Waals surface area (Å²) in [7, 11) is 0. The highest BCUT2D eigenvalue weighted by molar-refractivity contribution is 5.19. The standard InChI is InChI=1S/C15H23N/c1-2-3-11-15(16-12-7-8-13-16)14-9-5-4-6-10-14/h4-6,9-10,15H,2-3,7-8,11-13H2,1H3/t15-/m1/s1. The van der Waals surface area contributed by atoms with Crippen molar-refractivity contribution in [3.05, 3.63) is 35.9 Å². The molecule has 0 aliphatic carbocycles. The zero-order valence-electron chi connectivity index (χ0n) is 10.4. The van der Waals surface area contributed by atoms with Crippen LogP contribution in [0.2, 0.25) is 0 Å². The van der Waals surface area contributed by atoms with Gasteiger partial charge in [0, 0.05) is 6.04 Å². The largest absolute Gasteiger partial charge is 0.296 e. The van der Waals surface area contributed by atoms with Crippen LogP contribution in [0, 0.1) is 0 Å². The van der Waals surface area contributed by atoms with E-state index in [0.29, 0.717) is 6.04 Å². The smallest absolute Gasteiger partial charge is 0.0348 e. The number of hydrogen-bond donors (Lipinski definition) is 0. The molecule has 2 rings (SSSR count). The van der Waals surface area contributed by atoms with E-state index in [9.17, 15) is 0 Å². The summed E-state index contributed by atoms with van der Waals surface area (Å²) in [5, 5.41) is 0. The van der Waals surface area contributed by atoms with E-state index >= 15 is 0 Å². The fourth-order valence-corrected chi connectivity index (χ4v) is 2.69. The molecule has 0 saturated carbocycles. The Hall–Kier alpha value is -0.820. The molecule has 0 radical (unpaired) electrons. The molecule has 1 nitrogen and oxygen atoms in total. The van der Waals surface area contributed by atoms with Crippen LogP contribution in [0.5, 0.6) is 0 Å². The molecule has 1 fully saturated rings. The molecule has 0 amide bonds. The monoisotopic (exact) mass is 217 g/mol. The molecule has 16 heavy (non-hydrogen) atoms. The van der Waals surface area contributed by atoms with E-state index in [1.165, 1.54) is 50.8 Å². The van der Waals surface area contributed by atoms with Gasteiger partial charge in [0.25, 0.3) is 0 Å². The third-order valence-electron chi connectivity index (χ3n) is 3.60. The number of likely N-dealkylation sites (tertiary alicyclic amines) is 1. The lowest BCUT2D eigenvalue weighted by atomic mass is 10.00. The fraction of sp³-hybridized carbons (Fsp3) is 0.600. The molecule has 0 bridgehead atoms. The molecule has 1 heteroatoms. The molecule has 1 atom stereocenters. The molecule has 0 spiro atoms. The quantitative estimate of drug-likeness (QED) is 0.720. The summed E-state index contributed by atoms with van der Waals surface area (Å²) in [5.41, 5.74) is 1.51. The van der Waals surface area contributed by atoms with Gasteiger partial charge in [-0.05, 0) is 37.9 Å². The Labute approximate surface area is 99.5 Å². The van der Waals surface area contributed by atoms with E-state index in [0.717, 1.165) is 0 Å². The maximum absolute atomic E-state index is 2.67. The number of hydrogen-bond acceptors (Lipinski definition) is 1. The normalized spacial score (nSPS) is 18.8. The van der Waals surface area contributed by atoms with Crippen LogP contribution in [0.4, 0.5) is 0 Å². The molecule has 0 N–H and O–H groups in total. The van der Waals surface area contributed by atoms with Gasteiger partial charge >= 0.3 is 0 Å². The van der Waals surface area contributed by atoms with E-state index in [2.05, 4.69) is 42.2 Å². The van der Waals surface area contributed by atoms with Crippen molar-refractivity contribution in [2.75, 3.05) is 13.1 Å². The molecule has 1 heterocycles. The first-order chi connectivity index (χ1) is 7.92. The SMILES string of the molecule is CCCC[C@H](c1ccccc1)N1CCCC1. The lowest BCUT2D eigenvalue weighted by Crippen LogP contribution is -2.25. The van der Waals surface area contributed by atoms with Gasteiger partial charge in [-0.2, -0.15) is 0 Å². The first kappa shape index (κ1) is 11.7. The summed E-state index contributed by atoms with van der Waals surface area (Å²) in [6.45, 7) is 4.87. The summed E-state index contributed by atoms with van der Waals surface area (Å²) >= 11 is 0. The van der Waals surface area contributed by atoms with Crippen molar-refractivity contribution in [2.45, 2.75) is 45.1 Å². The Morgan fingerprint density at radius 1 is 1.12 bits per heavy atom. The fourth-order valence-electron chi connectivity index (χ4n) is 2.69. The minimum absolute atomic E-state index is 0.670. The van der Waals surface area contributed by atoms with Crippen molar-refractivity contribution in [2.24, 2.45) is 0 Å². The number of benzene rings is 1. The van der Waals surface area contributed by atoms with Crippen LogP contribution >= 0.6 is 0 Å². The average Bonchev–Trinajstić information content (AvgIpc) is 2.85. The van der Waals surface area contributed by atoms with Crippen molar-refractivity contribution >= 4 is 0 Å². The van der Waals surface area contributed by atoms with Crippen LogP contribution < -0.4 is 0 Å². The van der Waals surface area contributed by atoms with Gasteiger partial charge in [0.05, 0.1) is 0 Å². The minimum Gasteiger partial charge on any atom is -0.296 e. The molecule has 1 aliphatic heterocycles. The Balaban J connectivity index is 2.07. The van der Waals surface area contributed by atoms with Gasteiger partial charge in [-0.3, -0.25) is 4.90 Å². The van der Waals surface area contributed by atoms with Crippen molar-refractivity contribution < 1.29 is 0 Å². The predicted octanol–water partition coefficient (Wildman–Crippen LogP) is 4.01. The van der Waals surface area contributed by atoms with Crippen molar-refractivity contribution in [1.82, 2.24) is 4.90 Å². The van der Waals surface area contributed by atoms with E-state index in [1.54, 1.807) is 0 Å². The highest BCUT2D eigenvalue weighted by atomic mass is 15.2. The molecule has 1 aromatic rings. The van der Waals surface area contributed by atoms with Gasteiger partial charge < -0.3 is 0 Å². The summed E-state index contributed by atoms with van der Waals surface area (Å²) in [6, 6.07) is 11.7. The van der Waals surface area contributed by atoms with Crippen LogP contribution in [-0.4, -0.2) is 18.0 Å². The Morgan fingerprint density at radius 3 is 2.44 bits per heavy atom. The van der Waals surface area contributed by atoms with Crippen molar-refractivity contribution in [1.29, 1.82) is 0 Å². The maximum Gasteiger partial charge on any atom is 0.0348 e. The van der Waals surface area contributed by atoms with Gasteiger partial charge in [-0.25, -0.2) is 0 Å². The van der Waals surface area contributed by atoms with Crippen LogP contribution in [0.15, 0.2) is 30.3 Å². The van der Waals surface area contributed by atoms with Crippen LogP contribution in [0.25, 0.3) is 0 Å². The zero-order chi connectivity index (χ0) is 11.2. The third kappa shape index (κ3) is 2.85. The highest BCUT2D eigenvalue weighted by Crippen LogP contribution is 2.29. The van der Waals surface area contributed by atoms with E-state index in [-0.39, 0.29) is 0 Å². The zero-order valence-corrected chi connectivity index (χ0v) is 10.4. The van der Waals surface area contributed by atoms with Gasteiger partial charge in [-0.15, -0.1) is 0 Å². The van der Waals surface area contributed by atoms with Crippen molar-refractivity contribution in [3.8, 4) is 0 Å². The second-order valence-electron chi connectivity index (χ2n) is 4.81. The average molecular weight is 217 g/mol. The second kappa shape index (κ2) is 6.05. The van der Waals surface area contributed by atoms with Gasteiger partial charge in [0.2, 0.25) is 0 Å². The van der Waals surface area contributed by atoms with Gasteiger partial charge in [0.1, 0.15) is 0 Å². The summed E-state index contributed by atoms with van der Waals surface area (Å²) in [6.07, 6.45) is 6.73. The number of nitrogens with zero attached hydrogens (tertiary/aromatic N) is 1. The Kier molecular flexibility index (Phi) is 4.41. The summed E-state index contributed by atoms with van der Waals surface area (Å²) in [5.74, 6) is 0. The first-order valence-electron chi connectivity index (χ1n) is 6.71. The van der Waals surface area contributed by atoms with Crippen LogP contribution in [0.3, 0.4) is 0 Å². The maximum atomic E-state index is 2.67. The van der Waals surface area contributed by atoms with Crippen LogP contribution in [0.1, 0.15) is 50.6 Å². The van der Waals surface area contributed by atoms with Gasteiger partial charge in [-0.1, -0.05) is 50.1 Å². The molecular weight excluding hydrogens is 194 g/mol. The van der Waals surface area contributed by atoms with E-state index < -0.39 is 0 Å². The molecular formula is C15H23N. The molecule has 1 aromatic carbocycles. The van der Waals surface area contributed by atoms with Crippen molar-refractivity contribution in [3.63, 3.8) is 0 Å². The summed E-state index contributed by atoms with van der Waals surface area (Å²) < 4.78 is 0. The van der Waals surface area contributed by atoms with E-state index in [1.807, 2.05) is 0 Å². The summed E-state index contributed by atoms with van der Waals surface area (Å²) in [4.78, 5) is 2.67. The molecule has 0 unspecified atom stereocenters. The second-order valence-corrected chi connectivity index (χ2v) is 4.81.